The number of thiophene rings is 1. The molecule has 34 heavy (non-hydrogen) atoms. The Morgan fingerprint density at radius 1 is 0.912 bits per heavy atom. The van der Waals surface area contributed by atoms with Crippen molar-refractivity contribution in [3.63, 3.8) is 0 Å². The summed E-state index contributed by atoms with van der Waals surface area (Å²) in [4.78, 5) is 17.0. The van der Waals surface area contributed by atoms with E-state index in [1.54, 1.807) is 18.4 Å². The molecule has 0 saturated carbocycles. The zero-order chi connectivity index (χ0) is 22.6. The van der Waals surface area contributed by atoms with Gasteiger partial charge in [-0.05, 0) is 86.1 Å². The average Bonchev–Trinajstić information content (AvgIpc) is 3.52. The van der Waals surface area contributed by atoms with Gasteiger partial charge < -0.3 is 9.47 Å². The fraction of sp³-hybridized carbons (Fsp3) is 0.250. The minimum atomic E-state index is 0. The highest BCUT2D eigenvalue weighted by Crippen LogP contribution is 2.40. The minimum absolute atomic E-state index is 0. The number of benzene rings is 3. The molecule has 5 rings (SSSR count). The van der Waals surface area contributed by atoms with E-state index in [9.17, 15) is 4.79 Å². The Labute approximate surface area is 210 Å². The lowest BCUT2D eigenvalue weighted by molar-refractivity contribution is 0.104. The molecule has 0 bridgehead atoms. The third-order valence-corrected chi connectivity index (χ3v) is 7.39. The van der Waals surface area contributed by atoms with Crippen molar-refractivity contribution in [2.75, 3.05) is 33.4 Å². The Hall–Kier alpha value is -2.86. The first kappa shape index (κ1) is 24.3. The molecule has 1 aliphatic heterocycles. The molecular weight excluding hydrogens is 466 g/mol. The Balaban J connectivity index is 0.00000274. The third kappa shape index (κ3) is 5.12. The fourth-order valence-corrected chi connectivity index (χ4v) is 5.57. The Morgan fingerprint density at radius 3 is 2.29 bits per heavy atom. The highest BCUT2D eigenvalue weighted by atomic mass is 35.5. The molecule has 0 spiro atoms. The molecule has 1 saturated heterocycles. The van der Waals surface area contributed by atoms with Crippen LogP contribution in [0.5, 0.6) is 11.5 Å². The summed E-state index contributed by atoms with van der Waals surface area (Å²) in [6.07, 6.45) is 2.59. The molecule has 0 atom stereocenters. The van der Waals surface area contributed by atoms with Gasteiger partial charge in [0.1, 0.15) is 18.1 Å². The van der Waals surface area contributed by atoms with Crippen LogP contribution in [0.25, 0.3) is 20.5 Å². The van der Waals surface area contributed by atoms with Gasteiger partial charge in [0.05, 0.1) is 7.11 Å². The second kappa shape index (κ2) is 11.0. The van der Waals surface area contributed by atoms with E-state index in [1.165, 1.54) is 25.9 Å². The molecule has 4 aromatic rings. The van der Waals surface area contributed by atoms with Crippen molar-refractivity contribution in [1.82, 2.24) is 4.90 Å². The van der Waals surface area contributed by atoms with E-state index in [0.29, 0.717) is 12.2 Å². The number of ketones is 1. The van der Waals surface area contributed by atoms with Gasteiger partial charge in [0, 0.05) is 32.6 Å². The number of methoxy groups -OCH3 is 1. The molecule has 1 aliphatic rings. The lowest BCUT2D eigenvalue weighted by atomic mass is 9.97. The van der Waals surface area contributed by atoms with Gasteiger partial charge in [0.2, 0.25) is 0 Å². The highest BCUT2D eigenvalue weighted by Gasteiger charge is 2.21. The number of likely N-dealkylation sites (tertiary alicyclic amines) is 1. The fourth-order valence-electron chi connectivity index (χ4n) is 4.36. The quantitative estimate of drug-likeness (QED) is 0.256. The van der Waals surface area contributed by atoms with E-state index in [1.807, 2.05) is 54.6 Å². The summed E-state index contributed by atoms with van der Waals surface area (Å²) in [5.74, 6) is 1.63. The molecule has 0 aliphatic carbocycles. The van der Waals surface area contributed by atoms with Gasteiger partial charge in [-0.3, -0.25) is 9.69 Å². The molecule has 2 heterocycles. The maximum Gasteiger partial charge on any atom is 0.195 e. The Bertz CT molecular complexity index is 1250. The maximum absolute atomic E-state index is 13.6. The van der Waals surface area contributed by atoms with Crippen LogP contribution in [0.1, 0.15) is 28.8 Å². The maximum atomic E-state index is 13.6. The van der Waals surface area contributed by atoms with Gasteiger partial charge in [0.25, 0.3) is 0 Å². The predicted molar refractivity (Wildman–Crippen MR) is 142 cm³/mol. The predicted octanol–water partition coefficient (Wildman–Crippen LogP) is 6.70. The molecule has 176 valence electrons. The number of ether oxygens (including phenoxy) is 2. The molecule has 3 aromatic carbocycles. The topological polar surface area (TPSA) is 38.8 Å². The Kier molecular flexibility index (Phi) is 7.88. The third-order valence-electron chi connectivity index (χ3n) is 6.17. The van der Waals surface area contributed by atoms with Gasteiger partial charge in [-0.2, -0.15) is 0 Å². The number of hydrogen-bond acceptors (Lipinski definition) is 5. The number of nitrogens with zero attached hydrogens (tertiary/aromatic N) is 1. The van der Waals surface area contributed by atoms with Gasteiger partial charge in [0.15, 0.2) is 5.78 Å². The second-order valence-electron chi connectivity index (χ2n) is 8.28. The number of hydrogen-bond donors (Lipinski definition) is 0. The minimum Gasteiger partial charge on any atom is -0.497 e. The van der Waals surface area contributed by atoms with Crippen LogP contribution in [-0.2, 0) is 0 Å². The molecule has 1 aromatic heterocycles. The lowest BCUT2D eigenvalue weighted by Crippen LogP contribution is -2.25. The standard InChI is InChI=1S/C28H27NO3S.ClH/c1-31-22-12-8-20(9-13-22)27(30)26-24-6-2-3-7-25(24)33-28(26)21-10-14-23(15-11-21)32-19-18-29-16-4-5-17-29;/h2-3,6-15H,4-5,16-19H2,1H3;1H. The van der Waals surface area contributed by atoms with Crippen molar-refractivity contribution < 1.29 is 14.3 Å². The van der Waals surface area contributed by atoms with Gasteiger partial charge >= 0.3 is 0 Å². The van der Waals surface area contributed by atoms with Crippen molar-refractivity contribution in [2.24, 2.45) is 0 Å². The van der Waals surface area contributed by atoms with E-state index >= 15 is 0 Å². The van der Waals surface area contributed by atoms with Crippen LogP contribution in [0.4, 0.5) is 0 Å². The summed E-state index contributed by atoms with van der Waals surface area (Å²) < 4.78 is 12.3. The summed E-state index contributed by atoms with van der Waals surface area (Å²) >= 11 is 1.66. The average molecular weight is 494 g/mol. The summed E-state index contributed by atoms with van der Waals surface area (Å²) in [7, 11) is 1.63. The first-order valence-corrected chi connectivity index (χ1v) is 12.2. The van der Waals surface area contributed by atoms with Crippen molar-refractivity contribution >= 4 is 39.6 Å². The molecule has 0 radical (unpaired) electrons. The molecule has 0 unspecified atom stereocenters. The van der Waals surface area contributed by atoms with Crippen molar-refractivity contribution in [3.05, 3.63) is 83.9 Å². The van der Waals surface area contributed by atoms with Gasteiger partial charge in [-0.15, -0.1) is 23.7 Å². The normalized spacial score (nSPS) is 13.6. The molecule has 0 amide bonds. The Morgan fingerprint density at radius 2 is 1.59 bits per heavy atom. The van der Waals surface area contributed by atoms with Crippen LogP contribution in [0, 0.1) is 0 Å². The first-order valence-electron chi connectivity index (χ1n) is 11.4. The summed E-state index contributed by atoms with van der Waals surface area (Å²) in [6.45, 7) is 4.03. The van der Waals surface area contributed by atoms with Crippen LogP contribution < -0.4 is 9.47 Å². The monoisotopic (exact) mass is 493 g/mol. The molecule has 0 N–H and O–H groups in total. The summed E-state index contributed by atoms with van der Waals surface area (Å²) in [5.41, 5.74) is 2.44. The van der Waals surface area contributed by atoms with E-state index < -0.39 is 0 Å². The van der Waals surface area contributed by atoms with Crippen molar-refractivity contribution in [3.8, 4) is 21.9 Å². The van der Waals surface area contributed by atoms with Crippen LogP contribution in [-0.4, -0.2) is 44.0 Å². The van der Waals surface area contributed by atoms with E-state index in [0.717, 1.165) is 44.1 Å². The number of fused-ring (bicyclic) bond motifs is 1. The summed E-state index contributed by atoms with van der Waals surface area (Å²) in [5, 5.41) is 0.990. The van der Waals surface area contributed by atoms with Crippen molar-refractivity contribution in [2.45, 2.75) is 12.8 Å². The van der Waals surface area contributed by atoms with Gasteiger partial charge in [-0.25, -0.2) is 0 Å². The molecule has 1 fully saturated rings. The number of rotatable bonds is 8. The zero-order valence-electron chi connectivity index (χ0n) is 19.2. The second-order valence-corrected chi connectivity index (χ2v) is 9.33. The van der Waals surface area contributed by atoms with Crippen LogP contribution in [0.3, 0.4) is 0 Å². The smallest absolute Gasteiger partial charge is 0.195 e. The van der Waals surface area contributed by atoms with Crippen LogP contribution >= 0.6 is 23.7 Å². The summed E-state index contributed by atoms with van der Waals surface area (Å²) in [6, 6.07) is 23.5. The first-order chi connectivity index (χ1) is 16.2. The SMILES string of the molecule is COc1ccc(C(=O)c2c(-c3ccc(OCCN4CCCC4)cc3)sc3ccccc23)cc1.Cl. The largest absolute Gasteiger partial charge is 0.497 e. The van der Waals surface area contributed by atoms with E-state index in [2.05, 4.69) is 23.1 Å². The van der Waals surface area contributed by atoms with E-state index in [-0.39, 0.29) is 18.2 Å². The van der Waals surface area contributed by atoms with E-state index in [4.69, 9.17) is 9.47 Å². The number of halogens is 1. The number of carbonyl (C=O) groups excluding carboxylic acids is 1. The molecule has 6 heteroatoms. The lowest BCUT2D eigenvalue weighted by Gasteiger charge is -2.15. The zero-order valence-corrected chi connectivity index (χ0v) is 20.8. The van der Waals surface area contributed by atoms with Gasteiger partial charge in [-0.1, -0.05) is 18.2 Å². The van der Waals surface area contributed by atoms with Crippen LogP contribution in [0.2, 0.25) is 0 Å². The molecular formula is C28H28ClNO3S. The molecule has 4 nitrogen and oxygen atoms in total. The number of carbonyl (C=O) groups is 1. The van der Waals surface area contributed by atoms with Crippen molar-refractivity contribution in [1.29, 1.82) is 0 Å². The van der Waals surface area contributed by atoms with Crippen LogP contribution in [0.15, 0.2) is 72.8 Å². The highest BCUT2D eigenvalue weighted by molar-refractivity contribution is 7.22.